The van der Waals surface area contributed by atoms with Crippen LogP contribution in [0.15, 0.2) is 24.3 Å². The van der Waals surface area contributed by atoms with Gasteiger partial charge in [-0.05, 0) is 77.0 Å². The molecule has 76 heavy (non-hydrogen) atoms. The first-order chi connectivity index (χ1) is 37.5. The summed E-state index contributed by atoms with van der Waals surface area (Å²) in [4.78, 5) is 24.6. The van der Waals surface area contributed by atoms with Crippen LogP contribution in [-0.2, 0) is 14.3 Å². The molecule has 6 nitrogen and oxygen atoms in total. The number of ether oxygens (including phenoxy) is 1. The zero-order chi connectivity index (χ0) is 55.0. The second kappa shape index (κ2) is 65.9. The van der Waals surface area contributed by atoms with Crippen molar-refractivity contribution in [3.8, 4) is 0 Å². The Morgan fingerprint density at radius 3 is 0.934 bits per heavy atom. The molecule has 1 amide bonds. The fourth-order valence-corrected chi connectivity index (χ4v) is 10.9. The molecule has 0 spiro atoms. The summed E-state index contributed by atoms with van der Waals surface area (Å²) < 4.78 is 5.50. The highest BCUT2D eigenvalue weighted by atomic mass is 16.5. The van der Waals surface area contributed by atoms with Gasteiger partial charge in [-0.1, -0.05) is 321 Å². The van der Waals surface area contributed by atoms with E-state index in [2.05, 4.69) is 43.5 Å². The first-order valence-electron chi connectivity index (χ1n) is 34.6. The van der Waals surface area contributed by atoms with E-state index in [0.29, 0.717) is 25.9 Å². The molecule has 450 valence electrons. The number of hydrogen-bond acceptors (Lipinski definition) is 5. The molecule has 0 radical (unpaired) electrons. The maximum Gasteiger partial charge on any atom is 0.305 e. The Morgan fingerprint density at radius 2 is 0.618 bits per heavy atom. The van der Waals surface area contributed by atoms with Crippen molar-refractivity contribution in [2.24, 2.45) is 0 Å². The fraction of sp³-hybridized carbons (Fsp3) is 0.914. The van der Waals surface area contributed by atoms with Gasteiger partial charge < -0.3 is 20.3 Å². The Labute approximate surface area is 475 Å². The molecule has 0 aromatic carbocycles. The normalized spacial score (nSPS) is 12.6. The van der Waals surface area contributed by atoms with Gasteiger partial charge in [0.25, 0.3) is 0 Å². The molecule has 2 atom stereocenters. The lowest BCUT2D eigenvalue weighted by atomic mass is 10.0. The molecule has 0 aliphatic carbocycles. The number of esters is 1. The predicted molar refractivity (Wildman–Crippen MR) is 333 cm³/mol. The molecule has 0 rings (SSSR count). The van der Waals surface area contributed by atoms with E-state index in [1.165, 1.54) is 308 Å². The topological polar surface area (TPSA) is 95.9 Å². The summed E-state index contributed by atoms with van der Waals surface area (Å²) in [5.41, 5.74) is 0. The fourth-order valence-electron chi connectivity index (χ4n) is 10.9. The van der Waals surface area contributed by atoms with Crippen LogP contribution in [0, 0.1) is 0 Å². The monoisotopic (exact) mass is 1070 g/mol. The maximum atomic E-state index is 12.5. The first kappa shape index (κ1) is 74.3. The lowest BCUT2D eigenvalue weighted by Crippen LogP contribution is -2.45. The molecule has 0 aliphatic rings. The molecular weight excluding hydrogens is 935 g/mol. The summed E-state index contributed by atoms with van der Waals surface area (Å²) in [5, 5.41) is 23.4. The third-order valence-corrected chi connectivity index (χ3v) is 16.2. The standard InChI is InChI=1S/C70H135NO5/c1-3-5-7-9-11-13-15-17-19-21-27-31-34-38-42-46-50-54-58-62-68(73)67(66-72)71-69(74)63-59-55-51-47-43-39-35-32-28-25-23-22-24-26-29-33-37-41-45-49-53-57-61-65-76-70(75)64-60-56-52-48-44-40-36-30-20-18-16-14-12-10-8-6-4-2/h18,20,25,28,67-68,72-73H,3-17,19,21-24,26-27,29-66H2,1-2H3,(H,71,74)/b20-18-,28-25-. The minimum Gasteiger partial charge on any atom is -0.466 e. The number of nitrogens with one attached hydrogen (secondary N) is 1. The van der Waals surface area contributed by atoms with E-state index < -0.39 is 12.1 Å². The highest BCUT2D eigenvalue weighted by molar-refractivity contribution is 5.76. The van der Waals surface area contributed by atoms with Gasteiger partial charge in [0, 0.05) is 12.8 Å². The van der Waals surface area contributed by atoms with Crippen LogP contribution >= 0.6 is 0 Å². The number of aliphatic hydroxyl groups excluding tert-OH is 2. The highest BCUT2D eigenvalue weighted by Gasteiger charge is 2.20. The van der Waals surface area contributed by atoms with Crippen molar-refractivity contribution in [1.29, 1.82) is 0 Å². The minimum absolute atomic E-state index is 0.00902. The second-order valence-corrected chi connectivity index (χ2v) is 23.9. The minimum atomic E-state index is -0.669. The van der Waals surface area contributed by atoms with Gasteiger partial charge in [0.1, 0.15) is 0 Å². The Kier molecular flexibility index (Phi) is 64.4. The average molecular weight is 1070 g/mol. The van der Waals surface area contributed by atoms with Crippen LogP contribution < -0.4 is 5.32 Å². The van der Waals surface area contributed by atoms with E-state index in [1.807, 2.05) is 0 Å². The van der Waals surface area contributed by atoms with Crippen LogP contribution in [-0.4, -0.2) is 47.4 Å². The molecular formula is C70H135NO5. The molecule has 2 unspecified atom stereocenters. The van der Waals surface area contributed by atoms with E-state index in [0.717, 1.165) is 44.9 Å². The van der Waals surface area contributed by atoms with Gasteiger partial charge in [-0.3, -0.25) is 9.59 Å². The number of hydrogen-bond donors (Lipinski definition) is 3. The number of aliphatic hydroxyl groups is 2. The number of carbonyl (C=O) groups excluding carboxylic acids is 2. The summed E-state index contributed by atoms with van der Waals surface area (Å²) in [6, 6.07) is -0.547. The van der Waals surface area contributed by atoms with Crippen molar-refractivity contribution >= 4 is 11.9 Å². The van der Waals surface area contributed by atoms with E-state index in [-0.39, 0.29) is 18.5 Å². The molecule has 0 saturated carbocycles. The van der Waals surface area contributed by atoms with Crippen molar-refractivity contribution in [2.75, 3.05) is 13.2 Å². The lowest BCUT2D eigenvalue weighted by molar-refractivity contribution is -0.143. The van der Waals surface area contributed by atoms with E-state index in [9.17, 15) is 19.8 Å². The van der Waals surface area contributed by atoms with Crippen LogP contribution in [0.25, 0.3) is 0 Å². The molecule has 0 saturated heterocycles. The smallest absolute Gasteiger partial charge is 0.305 e. The summed E-state index contributed by atoms with van der Waals surface area (Å²) in [5.74, 6) is -0.0286. The summed E-state index contributed by atoms with van der Waals surface area (Å²) in [6.07, 6.45) is 82.1. The number of rotatable bonds is 65. The number of unbranched alkanes of at least 4 members (excludes halogenated alkanes) is 50. The van der Waals surface area contributed by atoms with E-state index in [4.69, 9.17) is 4.74 Å². The highest BCUT2D eigenvalue weighted by Crippen LogP contribution is 2.18. The molecule has 0 bridgehead atoms. The molecule has 3 N–H and O–H groups in total. The van der Waals surface area contributed by atoms with Crippen molar-refractivity contribution in [1.82, 2.24) is 5.32 Å². The zero-order valence-electron chi connectivity index (χ0n) is 51.5. The third kappa shape index (κ3) is 61.6. The van der Waals surface area contributed by atoms with E-state index >= 15 is 0 Å². The second-order valence-electron chi connectivity index (χ2n) is 23.9. The Balaban J connectivity index is 3.40. The van der Waals surface area contributed by atoms with Gasteiger partial charge in [0.05, 0.1) is 25.4 Å². The van der Waals surface area contributed by atoms with Crippen LogP contribution in [0.1, 0.15) is 386 Å². The largest absolute Gasteiger partial charge is 0.466 e. The third-order valence-electron chi connectivity index (χ3n) is 16.2. The summed E-state index contributed by atoms with van der Waals surface area (Å²) >= 11 is 0. The van der Waals surface area contributed by atoms with Gasteiger partial charge >= 0.3 is 5.97 Å². The van der Waals surface area contributed by atoms with Crippen molar-refractivity contribution < 1.29 is 24.5 Å². The van der Waals surface area contributed by atoms with Gasteiger partial charge in [0.2, 0.25) is 5.91 Å². The van der Waals surface area contributed by atoms with Gasteiger partial charge in [0.15, 0.2) is 0 Å². The Hall–Kier alpha value is -1.66. The molecule has 0 aromatic rings. The van der Waals surface area contributed by atoms with Crippen LogP contribution in [0.3, 0.4) is 0 Å². The lowest BCUT2D eigenvalue weighted by Gasteiger charge is -2.22. The number of amides is 1. The van der Waals surface area contributed by atoms with Crippen LogP contribution in [0.4, 0.5) is 0 Å². The van der Waals surface area contributed by atoms with E-state index in [1.54, 1.807) is 0 Å². The maximum absolute atomic E-state index is 12.5. The quantitative estimate of drug-likeness (QED) is 0.0320. The molecule has 6 heteroatoms. The molecule has 0 aliphatic heterocycles. The number of allylic oxidation sites excluding steroid dienone is 4. The predicted octanol–water partition coefficient (Wildman–Crippen LogP) is 22.1. The first-order valence-corrected chi connectivity index (χ1v) is 34.6. The van der Waals surface area contributed by atoms with Crippen molar-refractivity contribution in [3.63, 3.8) is 0 Å². The average Bonchev–Trinajstić information content (AvgIpc) is 3.42. The van der Waals surface area contributed by atoms with Gasteiger partial charge in [-0.2, -0.15) is 0 Å². The summed E-state index contributed by atoms with van der Waals surface area (Å²) in [6.45, 7) is 4.98. The van der Waals surface area contributed by atoms with Crippen molar-refractivity contribution in [3.05, 3.63) is 24.3 Å². The van der Waals surface area contributed by atoms with Crippen molar-refractivity contribution in [2.45, 2.75) is 398 Å². The Morgan fingerprint density at radius 1 is 0.355 bits per heavy atom. The van der Waals surface area contributed by atoms with Gasteiger partial charge in [-0.25, -0.2) is 0 Å². The van der Waals surface area contributed by atoms with Crippen LogP contribution in [0.5, 0.6) is 0 Å². The molecule has 0 heterocycles. The summed E-state index contributed by atoms with van der Waals surface area (Å²) in [7, 11) is 0. The number of carbonyl (C=O) groups is 2. The van der Waals surface area contributed by atoms with Crippen LogP contribution in [0.2, 0.25) is 0 Å². The van der Waals surface area contributed by atoms with Gasteiger partial charge in [-0.15, -0.1) is 0 Å². The zero-order valence-corrected chi connectivity index (χ0v) is 51.5. The Bertz CT molecular complexity index is 1190. The molecule has 0 aromatic heterocycles. The SMILES string of the molecule is CCCCCCCC/C=C\CCCCCCCCCC(=O)OCCCCCCCCCCCCCC/C=C\CCCCCCCCCC(=O)NC(CO)C(O)CCCCCCCCCCCCCCCCCCCCC. The molecule has 0 fully saturated rings.